The Morgan fingerprint density at radius 3 is 2.22 bits per heavy atom. The highest BCUT2D eigenvalue weighted by Crippen LogP contribution is 2.28. The third kappa shape index (κ3) is 8.80. The number of amides is 3. The predicted octanol–water partition coefficient (Wildman–Crippen LogP) is 6.69. The molecule has 3 rings (SSSR count). The number of nitrogens with one attached hydrogen (secondary N) is 2. The van der Waals surface area contributed by atoms with Crippen LogP contribution in [0.4, 0.5) is 10.5 Å². The molecule has 3 amide bonds. The molecule has 216 valence electrons. The van der Waals surface area contributed by atoms with Crippen LogP contribution < -0.4 is 10.6 Å². The van der Waals surface area contributed by atoms with Crippen molar-refractivity contribution in [2.24, 2.45) is 0 Å². The van der Waals surface area contributed by atoms with Gasteiger partial charge in [-0.25, -0.2) is 4.79 Å². The monoisotopic (exact) mass is 555 g/mol. The first-order chi connectivity index (χ1) is 19.4. The number of carbonyl (C=O) groups excluding carboxylic acids is 3. The van der Waals surface area contributed by atoms with Crippen LogP contribution in [0.3, 0.4) is 0 Å². The van der Waals surface area contributed by atoms with E-state index >= 15 is 0 Å². The van der Waals surface area contributed by atoms with Gasteiger partial charge in [0, 0.05) is 18.2 Å². The van der Waals surface area contributed by atoms with E-state index in [-0.39, 0.29) is 18.4 Å². The molecule has 0 aliphatic carbocycles. The molecule has 0 aromatic heterocycles. The van der Waals surface area contributed by atoms with E-state index in [0.29, 0.717) is 11.3 Å². The van der Waals surface area contributed by atoms with E-state index in [9.17, 15) is 14.4 Å². The molecule has 7 nitrogen and oxygen atoms in total. The van der Waals surface area contributed by atoms with E-state index in [1.54, 1.807) is 31.7 Å². The molecule has 41 heavy (non-hydrogen) atoms. The molecule has 3 aromatic rings. The molecule has 0 saturated carbocycles. The van der Waals surface area contributed by atoms with E-state index in [1.807, 2.05) is 99.6 Å². The van der Waals surface area contributed by atoms with Gasteiger partial charge in [-0.3, -0.25) is 9.59 Å². The molecule has 0 bridgehead atoms. The smallest absolute Gasteiger partial charge is 0.408 e. The SMILES string of the molecule is C=Cc1cccc(C(C(=O)Nc2ccccc2C)N(C(=O)C(Cc2ccccc2)NC(=O)OC(C)(C)C)C(C)C)c1. The van der Waals surface area contributed by atoms with Gasteiger partial charge in [0.1, 0.15) is 17.7 Å². The van der Waals surface area contributed by atoms with Crippen LogP contribution >= 0.6 is 0 Å². The molecule has 0 fully saturated rings. The van der Waals surface area contributed by atoms with Crippen LogP contribution in [-0.4, -0.2) is 40.5 Å². The molecule has 0 heterocycles. The summed E-state index contributed by atoms with van der Waals surface area (Å²) in [6, 6.07) is 22.0. The predicted molar refractivity (Wildman–Crippen MR) is 164 cm³/mol. The largest absolute Gasteiger partial charge is 0.444 e. The molecular formula is C34H41N3O4. The van der Waals surface area contributed by atoms with Gasteiger partial charge in [-0.15, -0.1) is 0 Å². The zero-order chi connectivity index (χ0) is 30.2. The minimum Gasteiger partial charge on any atom is -0.444 e. The van der Waals surface area contributed by atoms with Gasteiger partial charge in [0.15, 0.2) is 0 Å². The molecular weight excluding hydrogens is 514 g/mol. The minimum atomic E-state index is -0.985. The normalized spacial score (nSPS) is 12.7. The van der Waals surface area contributed by atoms with Crippen molar-refractivity contribution in [1.82, 2.24) is 10.2 Å². The Bertz CT molecular complexity index is 1360. The van der Waals surface area contributed by atoms with Gasteiger partial charge in [0.05, 0.1) is 0 Å². The van der Waals surface area contributed by atoms with Crippen LogP contribution in [0.5, 0.6) is 0 Å². The third-order valence-corrected chi connectivity index (χ3v) is 6.47. The van der Waals surface area contributed by atoms with Crippen LogP contribution in [0.2, 0.25) is 0 Å². The molecule has 3 aromatic carbocycles. The standard InChI is InChI=1S/C34H41N3O4/c1-8-25-18-14-19-27(21-25)30(31(38)35-28-20-13-12-15-24(28)4)37(23(2)3)32(39)29(22-26-16-10-9-11-17-26)36-33(40)41-34(5,6)7/h8-21,23,29-30H,1,22H2,2-7H3,(H,35,38)(H,36,40). The summed E-state index contributed by atoms with van der Waals surface area (Å²) in [5.74, 6) is -0.762. The van der Waals surface area contributed by atoms with E-state index < -0.39 is 29.7 Å². The third-order valence-electron chi connectivity index (χ3n) is 6.47. The van der Waals surface area contributed by atoms with Gasteiger partial charge in [0.2, 0.25) is 5.91 Å². The lowest BCUT2D eigenvalue weighted by atomic mass is 9.97. The lowest BCUT2D eigenvalue weighted by Crippen LogP contribution is -2.55. The van der Waals surface area contributed by atoms with Gasteiger partial charge in [-0.2, -0.15) is 0 Å². The zero-order valence-corrected chi connectivity index (χ0v) is 24.8. The number of hydrogen-bond donors (Lipinski definition) is 2. The number of para-hydroxylation sites is 1. The van der Waals surface area contributed by atoms with Crippen LogP contribution in [0.15, 0.2) is 85.4 Å². The highest BCUT2D eigenvalue weighted by atomic mass is 16.6. The van der Waals surface area contributed by atoms with E-state index in [2.05, 4.69) is 17.2 Å². The number of hydrogen-bond acceptors (Lipinski definition) is 4. The molecule has 0 aliphatic rings. The minimum absolute atomic E-state index is 0.223. The molecule has 2 atom stereocenters. The molecule has 0 radical (unpaired) electrons. The fourth-order valence-corrected chi connectivity index (χ4v) is 4.57. The lowest BCUT2D eigenvalue weighted by molar-refractivity contribution is -0.142. The number of anilines is 1. The van der Waals surface area contributed by atoms with Gasteiger partial charge in [-0.1, -0.05) is 79.4 Å². The summed E-state index contributed by atoms with van der Waals surface area (Å²) in [5.41, 5.74) is 3.12. The fraction of sp³-hybridized carbons (Fsp3) is 0.324. The fourth-order valence-electron chi connectivity index (χ4n) is 4.57. The second kappa shape index (κ2) is 13.8. The van der Waals surface area contributed by atoms with Crippen molar-refractivity contribution in [1.29, 1.82) is 0 Å². The maximum atomic E-state index is 14.4. The molecule has 2 N–H and O–H groups in total. The summed E-state index contributed by atoms with van der Waals surface area (Å²) in [6.07, 6.45) is 1.22. The first kappa shape index (κ1) is 31.1. The topological polar surface area (TPSA) is 87.7 Å². The van der Waals surface area contributed by atoms with Crippen molar-refractivity contribution in [2.75, 3.05) is 5.32 Å². The highest BCUT2D eigenvalue weighted by Gasteiger charge is 2.38. The highest BCUT2D eigenvalue weighted by molar-refractivity contribution is 5.99. The van der Waals surface area contributed by atoms with Crippen molar-refractivity contribution in [2.45, 2.75) is 71.7 Å². The summed E-state index contributed by atoms with van der Waals surface area (Å²) in [5, 5.41) is 5.81. The number of rotatable bonds is 10. The molecule has 0 saturated heterocycles. The maximum absolute atomic E-state index is 14.4. The van der Waals surface area contributed by atoms with E-state index in [0.717, 1.165) is 16.7 Å². The summed E-state index contributed by atoms with van der Waals surface area (Å²) in [4.78, 5) is 42.9. The first-order valence-corrected chi connectivity index (χ1v) is 13.8. The van der Waals surface area contributed by atoms with Crippen molar-refractivity contribution in [3.05, 3.63) is 108 Å². The van der Waals surface area contributed by atoms with Crippen LogP contribution in [0.25, 0.3) is 6.08 Å². The molecule has 0 spiro atoms. The van der Waals surface area contributed by atoms with Gasteiger partial charge in [0.25, 0.3) is 5.91 Å². The van der Waals surface area contributed by atoms with Crippen LogP contribution in [-0.2, 0) is 20.7 Å². The van der Waals surface area contributed by atoms with Crippen LogP contribution in [0, 0.1) is 6.92 Å². The Morgan fingerprint density at radius 1 is 0.951 bits per heavy atom. The van der Waals surface area contributed by atoms with E-state index in [4.69, 9.17) is 4.74 Å². The zero-order valence-electron chi connectivity index (χ0n) is 24.8. The van der Waals surface area contributed by atoms with Gasteiger partial charge >= 0.3 is 6.09 Å². The Kier molecular flexibility index (Phi) is 10.5. The molecule has 0 aliphatic heterocycles. The van der Waals surface area contributed by atoms with Crippen molar-refractivity contribution in [3.8, 4) is 0 Å². The van der Waals surface area contributed by atoms with Gasteiger partial charge in [-0.05, 0) is 75.9 Å². The number of alkyl carbamates (subject to hydrolysis) is 1. The summed E-state index contributed by atoms with van der Waals surface area (Å²) < 4.78 is 5.50. The Balaban J connectivity index is 2.08. The Hall–Kier alpha value is -4.39. The average molecular weight is 556 g/mol. The molecule has 7 heteroatoms. The first-order valence-electron chi connectivity index (χ1n) is 13.8. The maximum Gasteiger partial charge on any atom is 0.408 e. The van der Waals surface area contributed by atoms with Crippen LogP contribution in [0.1, 0.15) is 62.9 Å². The number of carbonyl (C=O) groups is 3. The van der Waals surface area contributed by atoms with Gasteiger partial charge < -0.3 is 20.3 Å². The Morgan fingerprint density at radius 2 is 1.61 bits per heavy atom. The lowest BCUT2D eigenvalue weighted by Gasteiger charge is -2.37. The number of ether oxygens (including phenoxy) is 1. The molecule has 2 unspecified atom stereocenters. The number of benzene rings is 3. The Labute approximate surface area is 243 Å². The second-order valence-electron chi connectivity index (χ2n) is 11.3. The summed E-state index contributed by atoms with van der Waals surface area (Å²) in [6.45, 7) is 14.8. The quantitative estimate of drug-likeness (QED) is 0.292. The summed E-state index contributed by atoms with van der Waals surface area (Å²) in [7, 11) is 0. The second-order valence-corrected chi connectivity index (χ2v) is 11.3. The van der Waals surface area contributed by atoms with Crippen molar-refractivity contribution in [3.63, 3.8) is 0 Å². The summed E-state index contributed by atoms with van der Waals surface area (Å²) >= 11 is 0. The number of nitrogens with zero attached hydrogens (tertiary/aromatic N) is 1. The van der Waals surface area contributed by atoms with E-state index in [1.165, 1.54) is 0 Å². The average Bonchev–Trinajstić information content (AvgIpc) is 2.91. The van der Waals surface area contributed by atoms with Crippen molar-refractivity contribution < 1.29 is 19.1 Å². The van der Waals surface area contributed by atoms with Crippen molar-refractivity contribution >= 4 is 29.7 Å². The number of aryl methyl sites for hydroxylation is 1.